The minimum atomic E-state index is -0.547. The topological polar surface area (TPSA) is 117 Å². The minimum Gasteiger partial charge on any atom is -0.489 e. The van der Waals surface area contributed by atoms with Gasteiger partial charge in [0.2, 0.25) is 11.9 Å². The summed E-state index contributed by atoms with van der Waals surface area (Å²) in [5, 5.41) is 7.45. The molecule has 1 saturated carbocycles. The number of benzene rings is 1. The average Bonchev–Trinajstić information content (AvgIpc) is 3.35. The molecule has 30 heavy (non-hydrogen) atoms. The molecule has 1 aliphatic carbocycles. The fourth-order valence-corrected chi connectivity index (χ4v) is 4.03. The summed E-state index contributed by atoms with van der Waals surface area (Å²) < 4.78 is 9.65. The van der Waals surface area contributed by atoms with Crippen molar-refractivity contribution in [3.05, 3.63) is 35.2 Å². The van der Waals surface area contributed by atoms with E-state index < -0.39 is 5.91 Å². The van der Waals surface area contributed by atoms with E-state index in [0.29, 0.717) is 41.0 Å². The van der Waals surface area contributed by atoms with Crippen LogP contribution < -0.4 is 15.8 Å². The van der Waals surface area contributed by atoms with E-state index in [0.717, 1.165) is 24.2 Å². The van der Waals surface area contributed by atoms with Crippen molar-refractivity contribution in [2.75, 3.05) is 11.9 Å². The van der Waals surface area contributed by atoms with E-state index in [4.69, 9.17) is 10.5 Å². The first-order valence-corrected chi connectivity index (χ1v) is 10.3. The quantitative estimate of drug-likeness (QED) is 0.650. The van der Waals surface area contributed by atoms with Crippen molar-refractivity contribution < 1.29 is 14.3 Å². The molecule has 3 N–H and O–H groups in total. The molecule has 5 rings (SSSR count). The Balaban J connectivity index is 1.55. The van der Waals surface area contributed by atoms with Gasteiger partial charge in [-0.25, -0.2) is 4.98 Å². The van der Waals surface area contributed by atoms with Gasteiger partial charge in [0.05, 0.1) is 17.3 Å². The van der Waals surface area contributed by atoms with Gasteiger partial charge in [0.25, 0.3) is 5.91 Å². The van der Waals surface area contributed by atoms with Gasteiger partial charge in [0.15, 0.2) is 0 Å². The number of amides is 2. The number of aromatic nitrogens is 4. The van der Waals surface area contributed by atoms with E-state index in [1.165, 1.54) is 12.8 Å². The first kappa shape index (κ1) is 18.7. The maximum absolute atomic E-state index is 13.1. The third-order valence-corrected chi connectivity index (χ3v) is 5.79. The number of anilines is 1. The van der Waals surface area contributed by atoms with Crippen molar-refractivity contribution in [1.29, 1.82) is 0 Å². The summed E-state index contributed by atoms with van der Waals surface area (Å²) in [5.74, 6) is 0.788. The van der Waals surface area contributed by atoms with Crippen molar-refractivity contribution >= 4 is 28.8 Å². The van der Waals surface area contributed by atoms with Crippen LogP contribution in [0.1, 0.15) is 58.8 Å². The lowest BCUT2D eigenvalue weighted by Crippen LogP contribution is -2.26. The fourth-order valence-electron chi connectivity index (χ4n) is 4.03. The molecular weight excluding hydrogens is 384 g/mol. The number of carbonyl (C=O) groups excluding carboxylic acids is 2. The Bertz CT molecular complexity index is 1170. The van der Waals surface area contributed by atoms with Crippen LogP contribution in [0.15, 0.2) is 18.2 Å². The van der Waals surface area contributed by atoms with Gasteiger partial charge in [-0.3, -0.25) is 19.6 Å². The van der Waals surface area contributed by atoms with Crippen molar-refractivity contribution in [1.82, 2.24) is 19.3 Å². The average molecular weight is 408 g/mol. The standard InChI is InChI=1S/C21H24N6O3/c1-3-14-10-30-17-8-13(19(22)28)7-15-18(17)27(14)21(23-15)24-20(29)16-6-11(2)25-26(16)9-12-4-5-12/h6-8,12,14H,3-5,9-10H2,1-2H3,(H2,22,28)(H,23,24,29)/t14-/m0/s1. The van der Waals surface area contributed by atoms with Gasteiger partial charge >= 0.3 is 0 Å². The predicted molar refractivity (Wildman–Crippen MR) is 111 cm³/mol. The zero-order valence-corrected chi connectivity index (χ0v) is 17.0. The summed E-state index contributed by atoms with van der Waals surface area (Å²) in [6, 6.07) is 5.09. The van der Waals surface area contributed by atoms with Gasteiger partial charge in [-0.1, -0.05) is 6.92 Å². The van der Waals surface area contributed by atoms with E-state index >= 15 is 0 Å². The number of nitrogens with two attached hydrogens (primary N) is 1. The number of nitrogens with one attached hydrogen (secondary N) is 1. The minimum absolute atomic E-state index is 0.0235. The molecule has 3 heterocycles. The lowest BCUT2D eigenvalue weighted by atomic mass is 10.1. The molecule has 0 radical (unpaired) electrons. The second-order valence-electron chi connectivity index (χ2n) is 8.14. The number of hydrogen-bond acceptors (Lipinski definition) is 5. The van der Waals surface area contributed by atoms with Gasteiger partial charge in [-0.15, -0.1) is 0 Å². The molecule has 9 heteroatoms. The zero-order chi connectivity index (χ0) is 21.0. The molecule has 2 amide bonds. The summed E-state index contributed by atoms with van der Waals surface area (Å²) in [6.45, 7) is 5.13. The summed E-state index contributed by atoms with van der Waals surface area (Å²) in [4.78, 5) is 29.4. The van der Waals surface area contributed by atoms with Crippen molar-refractivity contribution in [2.24, 2.45) is 11.7 Å². The fraction of sp³-hybridized carbons (Fsp3) is 0.429. The Labute approximate surface area is 173 Å². The van der Waals surface area contributed by atoms with Crippen LogP contribution in [0.25, 0.3) is 11.0 Å². The zero-order valence-electron chi connectivity index (χ0n) is 17.0. The third kappa shape index (κ3) is 3.10. The largest absolute Gasteiger partial charge is 0.489 e. The summed E-state index contributed by atoms with van der Waals surface area (Å²) in [7, 11) is 0. The van der Waals surface area contributed by atoms with Gasteiger partial charge in [-0.2, -0.15) is 5.10 Å². The SMILES string of the molecule is CC[C@H]1COc2cc(C(N)=O)cc3nc(NC(=O)c4cc(C)nn4CC4CC4)n1c23. The van der Waals surface area contributed by atoms with Crippen LogP contribution in [-0.4, -0.2) is 37.8 Å². The predicted octanol–water partition coefficient (Wildman–Crippen LogP) is 2.65. The molecule has 2 aromatic heterocycles. The highest BCUT2D eigenvalue weighted by Crippen LogP contribution is 2.38. The molecule has 1 aliphatic heterocycles. The number of rotatable bonds is 6. The van der Waals surface area contributed by atoms with E-state index in [9.17, 15) is 9.59 Å². The molecule has 9 nitrogen and oxygen atoms in total. The van der Waals surface area contributed by atoms with Crippen molar-refractivity contribution in [3.63, 3.8) is 0 Å². The number of hydrogen-bond donors (Lipinski definition) is 2. The Hall–Kier alpha value is -3.36. The molecule has 156 valence electrons. The number of aryl methyl sites for hydroxylation is 1. The molecule has 0 unspecified atom stereocenters. The lowest BCUT2D eigenvalue weighted by Gasteiger charge is -2.26. The number of carbonyl (C=O) groups is 2. The highest BCUT2D eigenvalue weighted by Gasteiger charge is 2.29. The first-order chi connectivity index (χ1) is 14.4. The maximum Gasteiger partial charge on any atom is 0.276 e. The number of imidazole rings is 1. The van der Waals surface area contributed by atoms with Crippen LogP contribution in [0, 0.1) is 12.8 Å². The van der Waals surface area contributed by atoms with Crippen LogP contribution >= 0.6 is 0 Å². The Morgan fingerprint density at radius 3 is 2.80 bits per heavy atom. The van der Waals surface area contributed by atoms with Crippen LogP contribution in [0.4, 0.5) is 5.95 Å². The summed E-state index contributed by atoms with van der Waals surface area (Å²) in [5.41, 5.74) is 8.45. The Kier molecular flexibility index (Phi) is 4.27. The monoisotopic (exact) mass is 408 g/mol. The second kappa shape index (κ2) is 6.86. The molecule has 2 aliphatic rings. The van der Waals surface area contributed by atoms with E-state index in [1.54, 1.807) is 22.9 Å². The van der Waals surface area contributed by atoms with Gasteiger partial charge in [0.1, 0.15) is 23.6 Å². The Morgan fingerprint density at radius 1 is 1.30 bits per heavy atom. The summed E-state index contributed by atoms with van der Waals surface area (Å²) in [6.07, 6.45) is 3.17. The summed E-state index contributed by atoms with van der Waals surface area (Å²) >= 11 is 0. The van der Waals surface area contributed by atoms with E-state index in [-0.39, 0.29) is 11.9 Å². The first-order valence-electron chi connectivity index (χ1n) is 10.3. The van der Waals surface area contributed by atoms with Gasteiger partial charge < -0.3 is 15.0 Å². The molecule has 0 saturated heterocycles. The van der Waals surface area contributed by atoms with Crippen molar-refractivity contribution in [2.45, 2.75) is 45.7 Å². The van der Waals surface area contributed by atoms with Crippen LogP contribution in [0.3, 0.4) is 0 Å². The van der Waals surface area contributed by atoms with Gasteiger partial charge in [0, 0.05) is 12.1 Å². The maximum atomic E-state index is 13.1. The number of ether oxygens (including phenoxy) is 1. The third-order valence-electron chi connectivity index (χ3n) is 5.79. The lowest BCUT2D eigenvalue weighted by molar-refractivity contribution is 0.0995. The molecular formula is C21H24N6O3. The second-order valence-corrected chi connectivity index (χ2v) is 8.14. The van der Waals surface area contributed by atoms with Crippen LogP contribution in [0.5, 0.6) is 5.75 Å². The number of primary amides is 1. The van der Waals surface area contributed by atoms with Crippen LogP contribution in [-0.2, 0) is 6.54 Å². The molecule has 1 fully saturated rings. The van der Waals surface area contributed by atoms with Gasteiger partial charge in [-0.05, 0) is 50.3 Å². The highest BCUT2D eigenvalue weighted by atomic mass is 16.5. The van der Waals surface area contributed by atoms with E-state index in [2.05, 4.69) is 22.3 Å². The molecule has 0 bridgehead atoms. The van der Waals surface area contributed by atoms with Crippen LogP contribution in [0.2, 0.25) is 0 Å². The smallest absolute Gasteiger partial charge is 0.276 e. The molecule has 3 aromatic rings. The normalized spacial score (nSPS) is 17.7. The highest BCUT2D eigenvalue weighted by molar-refractivity contribution is 6.04. The van der Waals surface area contributed by atoms with E-state index in [1.807, 2.05) is 11.5 Å². The molecule has 0 spiro atoms. The molecule has 1 aromatic carbocycles. The van der Waals surface area contributed by atoms with Crippen molar-refractivity contribution in [3.8, 4) is 5.75 Å². The number of nitrogens with zero attached hydrogens (tertiary/aromatic N) is 4. The molecule has 1 atom stereocenters. The Morgan fingerprint density at radius 2 is 2.10 bits per heavy atom.